The van der Waals surface area contributed by atoms with Crippen LogP contribution < -0.4 is 25.6 Å². The first-order chi connectivity index (χ1) is 12.8. The van der Waals surface area contributed by atoms with Gasteiger partial charge in [0.2, 0.25) is 5.75 Å². The number of aromatic nitrogens is 2. The quantitative estimate of drug-likeness (QED) is 0.738. The summed E-state index contributed by atoms with van der Waals surface area (Å²) in [5.74, 6) is 0.432. The Kier molecular flexibility index (Phi) is 4.81. The van der Waals surface area contributed by atoms with E-state index in [1.807, 2.05) is 32.0 Å². The molecule has 27 heavy (non-hydrogen) atoms. The van der Waals surface area contributed by atoms with Gasteiger partial charge in [-0.2, -0.15) is 0 Å². The van der Waals surface area contributed by atoms with Crippen LogP contribution in [0.2, 0.25) is 0 Å². The van der Waals surface area contributed by atoms with E-state index >= 15 is 0 Å². The highest BCUT2D eigenvalue weighted by Crippen LogP contribution is 2.37. The van der Waals surface area contributed by atoms with Crippen LogP contribution in [-0.4, -0.2) is 29.1 Å². The van der Waals surface area contributed by atoms with Gasteiger partial charge in [-0.25, -0.2) is 4.68 Å². The third-order valence-electron chi connectivity index (χ3n) is 4.57. The molecule has 0 unspecified atom stereocenters. The Bertz CT molecular complexity index is 1150. The lowest BCUT2D eigenvalue weighted by atomic mass is 10.1. The summed E-state index contributed by atoms with van der Waals surface area (Å²) in [6.45, 7) is 7.97. The van der Waals surface area contributed by atoms with E-state index in [1.54, 1.807) is 18.2 Å². The number of hydrogen-bond donors (Lipinski definition) is 2. The Morgan fingerprint density at radius 1 is 1.07 bits per heavy atom. The number of H-pyrrole nitrogens is 1. The van der Waals surface area contributed by atoms with Crippen molar-refractivity contribution in [2.45, 2.75) is 13.8 Å². The standard InChI is InChI=1S/C21H22N2O4/c1-12-6-7-16(8-13(12)2)23-21(25)17(14(3)22-23)9-15-10-18(26-4)20(24)19(11-15)27-5/h6-11,22,24H,3H2,1-2,4-5H3/b17-9+. The molecule has 0 saturated carbocycles. The molecule has 0 amide bonds. The van der Waals surface area contributed by atoms with Gasteiger partial charge in [0.25, 0.3) is 5.56 Å². The zero-order valence-electron chi connectivity index (χ0n) is 15.8. The van der Waals surface area contributed by atoms with Crippen molar-refractivity contribution in [3.05, 3.63) is 67.9 Å². The van der Waals surface area contributed by atoms with Gasteiger partial charge in [0.05, 0.1) is 30.5 Å². The molecule has 2 N–H and O–H groups in total. The summed E-state index contributed by atoms with van der Waals surface area (Å²) < 4.78 is 11.8. The minimum absolute atomic E-state index is 0.0893. The van der Waals surface area contributed by atoms with Crippen LogP contribution in [-0.2, 0) is 0 Å². The molecule has 0 aliphatic heterocycles. The summed E-state index contributed by atoms with van der Waals surface area (Å²) in [5.41, 5.74) is 3.43. The number of nitrogens with zero attached hydrogens (tertiary/aromatic N) is 1. The van der Waals surface area contributed by atoms with Crippen LogP contribution in [0, 0.1) is 13.8 Å². The van der Waals surface area contributed by atoms with E-state index in [4.69, 9.17) is 9.47 Å². The predicted molar refractivity (Wildman–Crippen MR) is 105 cm³/mol. The summed E-state index contributed by atoms with van der Waals surface area (Å²) in [4.78, 5) is 12.9. The second-order valence-electron chi connectivity index (χ2n) is 6.33. The Balaban J connectivity index is 2.19. The van der Waals surface area contributed by atoms with Crippen LogP contribution in [0.25, 0.3) is 18.3 Å². The van der Waals surface area contributed by atoms with E-state index in [9.17, 15) is 9.90 Å². The Hall–Kier alpha value is -3.41. The van der Waals surface area contributed by atoms with Gasteiger partial charge >= 0.3 is 0 Å². The minimum Gasteiger partial charge on any atom is -0.502 e. The lowest BCUT2D eigenvalue weighted by molar-refractivity contribution is 0.340. The molecule has 0 bridgehead atoms. The maximum Gasteiger partial charge on any atom is 0.279 e. The number of methoxy groups -OCH3 is 2. The third kappa shape index (κ3) is 3.33. The van der Waals surface area contributed by atoms with Crippen LogP contribution in [0.1, 0.15) is 16.7 Å². The SMILES string of the molecule is C=c1[nH]n(-c2ccc(C)c(C)c2)c(=O)/c1=C/c1cc(OC)c(O)c(OC)c1. The van der Waals surface area contributed by atoms with Crippen molar-refractivity contribution in [2.24, 2.45) is 0 Å². The fourth-order valence-corrected chi connectivity index (χ4v) is 2.85. The lowest BCUT2D eigenvalue weighted by Gasteiger charge is -2.09. The molecule has 0 aliphatic carbocycles. The zero-order chi connectivity index (χ0) is 19.7. The zero-order valence-corrected chi connectivity index (χ0v) is 15.8. The molecule has 1 aromatic heterocycles. The third-order valence-corrected chi connectivity index (χ3v) is 4.57. The minimum atomic E-state index is -0.214. The molecule has 2 aromatic carbocycles. The summed E-state index contributed by atoms with van der Waals surface area (Å²) in [6, 6.07) is 9.06. The second kappa shape index (κ2) is 7.07. The number of ether oxygens (including phenoxy) is 2. The monoisotopic (exact) mass is 366 g/mol. The van der Waals surface area contributed by atoms with Gasteiger partial charge < -0.3 is 14.6 Å². The van der Waals surface area contributed by atoms with Gasteiger partial charge in [0.1, 0.15) is 0 Å². The van der Waals surface area contributed by atoms with E-state index in [1.165, 1.54) is 18.9 Å². The summed E-state index contributed by atoms with van der Waals surface area (Å²) >= 11 is 0. The van der Waals surface area contributed by atoms with E-state index in [-0.39, 0.29) is 22.8 Å². The molecule has 0 atom stereocenters. The first-order valence-electron chi connectivity index (χ1n) is 8.40. The van der Waals surface area contributed by atoms with Crippen molar-refractivity contribution in [1.29, 1.82) is 0 Å². The van der Waals surface area contributed by atoms with E-state index < -0.39 is 0 Å². The lowest BCUT2D eigenvalue weighted by Crippen LogP contribution is -2.34. The average Bonchev–Trinajstić information content (AvgIpc) is 2.93. The summed E-state index contributed by atoms with van der Waals surface area (Å²) in [7, 11) is 2.90. The average molecular weight is 366 g/mol. The number of phenols is 1. The smallest absolute Gasteiger partial charge is 0.279 e. The summed E-state index contributed by atoms with van der Waals surface area (Å²) in [6.07, 6.45) is 1.68. The molecule has 6 nitrogen and oxygen atoms in total. The van der Waals surface area contributed by atoms with Gasteiger partial charge in [0, 0.05) is 0 Å². The topological polar surface area (TPSA) is 76.5 Å². The van der Waals surface area contributed by atoms with Crippen LogP contribution in [0.15, 0.2) is 35.1 Å². The Labute approximate surface area is 156 Å². The molecule has 1 heterocycles. The number of phenolic OH excluding ortho intramolecular Hbond substituents is 1. The first-order valence-corrected chi connectivity index (χ1v) is 8.40. The normalized spacial score (nSPS) is 11.6. The summed E-state index contributed by atoms with van der Waals surface area (Å²) in [5, 5.41) is 14.0. The molecule has 0 radical (unpaired) electrons. The van der Waals surface area contributed by atoms with Crippen molar-refractivity contribution >= 4 is 12.7 Å². The van der Waals surface area contributed by atoms with Gasteiger partial charge in [-0.1, -0.05) is 12.6 Å². The van der Waals surface area contributed by atoms with Crippen molar-refractivity contribution < 1.29 is 14.6 Å². The van der Waals surface area contributed by atoms with Crippen molar-refractivity contribution in [3.63, 3.8) is 0 Å². The van der Waals surface area contributed by atoms with Gasteiger partial charge in [-0.05, 0) is 60.9 Å². The van der Waals surface area contributed by atoms with E-state index in [0.29, 0.717) is 16.1 Å². The molecule has 0 fully saturated rings. The van der Waals surface area contributed by atoms with Gasteiger partial charge in [-0.3, -0.25) is 9.89 Å². The number of benzene rings is 2. The fourth-order valence-electron chi connectivity index (χ4n) is 2.85. The Morgan fingerprint density at radius 2 is 1.70 bits per heavy atom. The highest BCUT2D eigenvalue weighted by Gasteiger charge is 2.11. The number of aromatic hydroxyl groups is 1. The number of aromatic amines is 1. The highest BCUT2D eigenvalue weighted by atomic mass is 16.5. The maximum atomic E-state index is 12.9. The molecular weight excluding hydrogens is 344 g/mol. The number of hydrogen-bond acceptors (Lipinski definition) is 4. The molecular formula is C21H22N2O4. The predicted octanol–water partition coefficient (Wildman–Crippen LogP) is 1.74. The number of nitrogens with one attached hydrogen (secondary N) is 1. The number of rotatable bonds is 4. The van der Waals surface area contributed by atoms with Crippen LogP contribution >= 0.6 is 0 Å². The van der Waals surface area contributed by atoms with Crippen molar-refractivity contribution in [1.82, 2.24) is 9.78 Å². The van der Waals surface area contributed by atoms with Crippen LogP contribution in [0.3, 0.4) is 0 Å². The van der Waals surface area contributed by atoms with Gasteiger partial charge in [-0.15, -0.1) is 0 Å². The number of aryl methyl sites for hydroxylation is 2. The largest absolute Gasteiger partial charge is 0.502 e. The van der Waals surface area contributed by atoms with Crippen LogP contribution in [0.5, 0.6) is 17.2 Å². The second-order valence-corrected chi connectivity index (χ2v) is 6.33. The molecule has 3 aromatic rings. The first kappa shape index (κ1) is 18.4. The molecule has 140 valence electrons. The molecule has 0 aliphatic rings. The molecule has 0 saturated heterocycles. The Morgan fingerprint density at radius 3 is 2.26 bits per heavy atom. The van der Waals surface area contributed by atoms with Crippen molar-refractivity contribution in [3.8, 4) is 22.9 Å². The maximum absolute atomic E-state index is 12.9. The highest BCUT2D eigenvalue weighted by molar-refractivity contribution is 5.61. The molecule has 3 rings (SSSR count). The van der Waals surface area contributed by atoms with E-state index in [2.05, 4.69) is 11.7 Å². The molecule has 6 heteroatoms. The fraction of sp³-hybridized carbons (Fsp3) is 0.190. The van der Waals surface area contributed by atoms with Crippen LogP contribution in [0.4, 0.5) is 0 Å². The van der Waals surface area contributed by atoms with Gasteiger partial charge in [0.15, 0.2) is 11.5 Å². The molecule has 0 spiro atoms. The van der Waals surface area contributed by atoms with Crippen molar-refractivity contribution in [2.75, 3.05) is 14.2 Å². The van der Waals surface area contributed by atoms with E-state index in [0.717, 1.165) is 16.8 Å².